The molecule has 2 aromatic heterocycles. The van der Waals surface area contributed by atoms with E-state index in [1.807, 2.05) is 0 Å². The molecule has 0 aliphatic carbocycles. The highest BCUT2D eigenvalue weighted by molar-refractivity contribution is 7.21. The van der Waals surface area contributed by atoms with Crippen molar-refractivity contribution in [3.05, 3.63) is 52.3 Å². The Labute approximate surface area is 149 Å². The average Bonchev–Trinajstić information content (AvgIpc) is 2.90. The normalized spacial score (nSPS) is 11.8. The maximum Gasteiger partial charge on any atom is 0.433 e. The lowest BCUT2D eigenvalue weighted by molar-refractivity contribution is -0.141. The van der Waals surface area contributed by atoms with Crippen LogP contribution in [0.25, 0.3) is 10.2 Å². The van der Waals surface area contributed by atoms with Crippen molar-refractivity contribution in [2.45, 2.75) is 13.1 Å². The molecule has 0 saturated carbocycles. The van der Waals surface area contributed by atoms with E-state index >= 15 is 0 Å². The van der Waals surface area contributed by atoms with Crippen molar-refractivity contribution in [3.8, 4) is 0 Å². The number of anilines is 2. The molecule has 0 unspecified atom stereocenters. The first-order chi connectivity index (χ1) is 12.1. The fourth-order valence-electron chi connectivity index (χ4n) is 2.55. The van der Waals surface area contributed by atoms with E-state index in [4.69, 9.17) is 5.73 Å². The van der Waals surface area contributed by atoms with Gasteiger partial charge in [0, 0.05) is 18.1 Å². The predicted octanol–water partition coefficient (Wildman–Crippen LogP) is 4.62. The molecular weight excluding hydrogens is 370 g/mol. The molecule has 0 aliphatic heterocycles. The number of rotatable bonds is 2. The first kappa shape index (κ1) is 18.1. The Bertz CT molecular complexity index is 996. The number of alkyl halides is 3. The van der Waals surface area contributed by atoms with E-state index in [-0.39, 0.29) is 15.4 Å². The number of nitrogens with two attached hydrogens (primary N) is 1. The standard InChI is InChI=1S/C17H13F4N3OS/c1-8-7-11(17(19,20)21)23-15-12(8)13(22)14(26-15)16(25)24(2)10-5-3-9(18)4-6-10/h3-7H,22H2,1-2H3. The molecule has 26 heavy (non-hydrogen) atoms. The molecule has 4 nitrogen and oxygen atoms in total. The van der Waals surface area contributed by atoms with Crippen molar-refractivity contribution in [2.24, 2.45) is 0 Å². The minimum Gasteiger partial charge on any atom is -0.397 e. The van der Waals surface area contributed by atoms with Crippen LogP contribution in [0, 0.1) is 12.7 Å². The van der Waals surface area contributed by atoms with Gasteiger partial charge in [-0.3, -0.25) is 4.79 Å². The Morgan fingerprint density at radius 2 is 1.85 bits per heavy atom. The lowest BCUT2D eigenvalue weighted by atomic mass is 10.1. The molecule has 0 fully saturated rings. The smallest absolute Gasteiger partial charge is 0.397 e. The minimum atomic E-state index is -4.59. The molecule has 3 rings (SSSR count). The Morgan fingerprint density at radius 3 is 2.42 bits per heavy atom. The fourth-order valence-corrected chi connectivity index (χ4v) is 3.70. The zero-order valence-corrected chi connectivity index (χ0v) is 14.5. The maximum absolute atomic E-state index is 13.0. The van der Waals surface area contributed by atoms with Gasteiger partial charge >= 0.3 is 6.18 Å². The third-order valence-electron chi connectivity index (χ3n) is 3.90. The second kappa shape index (κ2) is 6.24. The number of pyridine rings is 1. The Morgan fingerprint density at radius 1 is 1.23 bits per heavy atom. The molecule has 0 atom stereocenters. The quantitative estimate of drug-likeness (QED) is 0.657. The molecule has 0 bridgehead atoms. The SMILES string of the molecule is Cc1cc(C(F)(F)F)nc2sc(C(=O)N(C)c3ccc(F)cc3)c(N)c12. The molecule has 0 saturated heterocycles. The van der Waals surface area contributed by atoms with Crippen LogP contribution in [-0.4, -0.2) is 17.9 Å². The van der Waals surface area contributed by atoms with Gasteiger partial charge in [0.25, 0.3) is 5.91 Å². The van der Waals surface area contributed by atoms with Crippen molar-refractivity contribution in [1.82, 2.24) is 4.98 Å². The second-order valence-electron chi connectivity index (χ2n) is 5.69. The van der Waals surface area contributed by atoms with Crippen LogP contribution < -0.4 is 10.6 Å². The first-order valence-electron chi connectivity index (χ1n) is 7.40. The molecular formula is C17H13F4N3OS. The number of hydrogen-bond acceptors (Lipinski definition) is 4. The van der Waals surface area contributed by atoms with E-state index < -0.39 is 23.6 Å². The fraction of sp³-hybridized carbons (Fsp3) is 0.176. The summed E-state index contributed by atoms with van der Waals surface area (Å²) in [6.07, 6.45) is -4.59. The molecule has 0 aliphatic rings. The van der Waals surface area contributed by atoms with Gasteiger partial charge in [0.2, 0.25) is 0 Å². The number of nitrogen functional groups attached to an aromatic ring is 1. The van der Waals surface area contributed by atoms with E-state index in [0.29, 0.717) is 16.6 Å². The Balaban J connectivity index is 2.07. The third kappa shape index (κ3) is 3.10. The van der Waals surface area contributed by atoms with Gasteiger partial charge in [-0.05, 0) is 42.8 Å². The van der Waals surface area contributed by atoms with Gasteiger partial charge in [-0.2, -0.15) is 13.2 Å². The van der Waals surface area contributed by atoms with E-state index in [1.54, 1.807) is 0 Å². The lowest BCUT2D eigenvalue weighted by Gasteiger charge is -2.16. The second-order valence-corrected chi connectivity index (χ2v) is 6.69. The molecule has 1 amide bonds. The van der Waals surface area contributed by atoms with E-state index in [2.05, 4.69) is 4.98 Å². The van der Waals surface area contributed by atoms with Crippen molar-refractivity contribution < 1.29 is 22.4 Å². The van der Waals surface area contributed by atoms with Gasteiger partial charge in [-0.15, -0.1) is 11.3 Å². The third-order valence-corrected chi connectivity index (χ3v) is 4.99. The van der Waals surface area contributed by atoms with Crippen LogP contribution in [0.1, 0.15) is 20.9 Å². The van der Waals surface area contributed by atoms with Crippen LogP contribution in [0.15, 0.2) is 30.3 Å². The number of amides is 1. The number of carbonyl (C=O) groups is 1. The van der Waals surface area contributed by atoms with Crippen LogP contribution in [0.2, 0.25) is 0 Å². The van der Waals surface area contributed by atoms with Crippen LogP contribution in [0.5, 0.6) is 0 Å². The molecule has 2 N–H and O–H groups in total. The number of hydrogen-bond donors (Lipinski definition) is 1. The number of aromatic nitrogens is 1. The highest BCUT2D eigenvalue weighted by Crippen LogP contribution is 2.39. The lowest BCUT2D eigenvalue weighted by Crippen LogP contribution is -2.26. The van der Waals surface area contributed by atoms with Gasteiger partial charge in [-0.25, -0.2) is 9.37 Å². The Hall–Kier alpha value is -2.68. The zero-order valence-electron chi connectivity index (χ0n) is 13.7. The summed E-state index contributed by atoms with van der Waals surface area (Å²) >= 11 is 0.801. The number of benzene rings is 1. The predicted molar refractivity (Wildman–Crippen MR) is 92.9 cm³/mol. The van der Waals surface area contributed by atoms with Gasteiger partial charge in [0.1, 0.15) is 21.2 Å². The summed E-state index contributed by atoms with van der Waals surface area (Å²) in [4.78, 5) is 17.7. The van der Waals surface area contributed by atoms with Gasteiger partial charge in [-0.1, -0.05) is 0 Å². The number of carbonyl (C=O) groups excluding carboxylic acids is 1. The summed E-state index contributed by atoms with van der Waals surface area (Å²) in [6, 6.07) is 6.15. The highest BCUT2D eigenvalue weighted by Gasteiger charge is 2.34. The summed E-state index contributed by atoms with van der Waals surface area (Å²) in [5.74, 6) is -0.958. The molecule has 136 valence electrons. The largest absolute Gasteiger partial charge is 0.433 e. The molecule has 2 heterocycles. The molecule has 3 aromatic rings. The summed E-state index contributed by atoms with van der Waals surface area (Å²) in [7, 11) is 1.47. The van der Waals surface area contributed by atoms with Crippen LogP contribution >= 0.6 is 11.3 Å². The maximum atomic E-state index is 13.0. The van der Waals surface area contributed by atoms with Crippen molar-refractivity contribution in [1.29, 1.82) is 0 Å². The van der Waals surface area contributed by atoms with Gasteiger partial charge in [0.05, 0.1) is 5.69 Å². The van der Waals surface area contributed by atoms with Crippen LogP contribution in [-0.2, 0) is 6.18 Å². The average molecular weight is 383 g/mol. The first-order valence-corrected chi connectivity index (χ1v) is 8.21. The number of aryl methyl sites for hydroxylation is 1. The summed E-state index contributed by atoms with van der Waals surface area (Å²) in [5, 5.41) is 0.332. The van der Waals surface area contributed by atoms with E-state index in [9.17, 15) is 22.4 Å². The van der Waals surface area contributed by atoms with Gasteiger partial charge < -0.3 is 10.6 Å². The van der Waals surface area contributed by atoms with Gasteiger partial charge in [0.15, 0.2) is 0 Å². The Kier molecular flexibility index (Phi) is 4.35. The number of fused-ring (bicyclic) bond motifs is 1. The number of nitrogens with zero attached hydrogens (tertiary/aromatic N) is 2. The van der Waals surface area contributed by atoms with Crippen LogP contribution in [0.3, 0.4) is 0 Å². The zero-order chi connectivity index (χ0) is 19.2. The van der Waals surface area contributed by atoms with E-state index in [1.165, 1.54) is 43.1 Å². The van der Waals surface area contributed by atoms with Crippen molar-refractivity contribution in [3.63, 3.8) is 0 Å². The monoisotopic (exact) mass is 383 g/mol. The van der Waals surface area contributed by atoms with E-state index in [0.717, 1.165) is 17.4 Å². The van der Waals surface area contributed by atoms with Crippen LogP contribution in [0.4, 0.5) is 28.9 Å². The molecule has 9 heteroatoms. The minimum absolute atomic E-state index is 0.0469. The summed E-state index contributed by atoms with van der Waals surface area (Å²) in [5.41, 5.74) is 5.79. The number of thiophene rings is 1. The summed E-state index contributed by atoms with van der Waals surface area (Å²) < 4.78 is 51.9. The van der Waals surface area contributed by atoms with Crippen molar-refractivity contribution in [2.75, 3.05) is 17.7 Å². The highest BCUT2D eigenvalue weighted by atomic mass is 32.1. The molecule has 1 aromatic carbocycles. The number of halogens is 4. The van der Waals surface area contributed by atoms with Crippen molar-refractivity contribution >= 4 is 38.8 Å². The topological polar surface area (TPSA) is 59.2 Å². The molecule has 0 spiro atoms. The molecule has 0 radical (unpaired) electrons. The summed E-state index contributed by atoms with van der Waals surface area (Å²) in [6.45, 7) is 1.49.